The predicted molar refractivity (Wildman–Crippen MR) is 100 cm³/mol. The Labute approximate surface area is 153 Å². The van der Waals surface area contributed by atoms with Crippen LogP contribution in [0.15, 0.2) is 59.6 Å². The molecule has 0 aliphatic rings. The Morgan fingerprint density at radius 1 is 1.16 bits per heavy atom. The SMILES string of the molecule is Cc1ccc(NC(=O)c2cnc(NCc3cccnc3)cn2)c(Br)c1. The van der Waals surface area contributed by atoms with E-state index < -0.39 is 0 Å². The average molecular weight is 398 g/mol. The number of halogens is 1. The number of hydrogen-bond donors (Lipinski definition) is 2. The Balaban J connectivity index is 1.62. The van der Waals surface area contributed by atoms with Crippen molar-refractivity contribution in [1.82, 2.24) is 15.0 Å². The van der Waals surface area contributed by atoms with Crippen molar-refractivity contribution in [2.45, 2.75) is 13.5 Å². The molecule has 0 atom stereocenters. The summed E-state index contributed by atoms with van der Waals surface area (Å²) < 4.78 is 0.823. The maximum Gasteiger partial charge on any atom is 0.275 e. The number of nitrogens with one attached hydrogen (secondary N) is 2. The molecular formula is C18H16BrN5O. The number of hydrogen-bond acceptors (Lipinski definition) is 5. The average Bonchev–Trinajstić information content (AvgIpc) is 2.63. The van der Waals surface area contributed by atoms with Crippen molar-refractivity contribution in [2.24, 2.45) is 0 Å². The quantitative estimate of drug-likeness (QED) is 0.684. The lowest BCUT2D eigenvalue weighted by Crippen LogP contribution is -2.15. The first kappa shape index (κ1) is 17.0. The van der Waals surface area contributed by atoms with Crippen LogP contribution in [-0.2, 0) is 6.54 Å². The first-order valence-electron chi connectivity index (χ1n) is 7.64. The van der Waals surface area contributed by atoms with Crippen LogP contribution < -0.4 is 10.6 Å². The van der Waals surface area contributed by atoms with Gasteiger partial charge in [0.1, 0.15) is 11.5 Å². The number of carbonyl (C=O) groups excluding carboxylic acids is 1. The smallest absolute Gasteiger partial charge is 0.275 e. The van der Waals surface area contributed by atoms with Crippen LogP contribution in [0, 0.1) is 6.92 Å². The molecule has 3 aromatic rings. The van der Waals surface area contributed by atoms with Crippen LogP contribution in [0.4, 0.5) is 11.5 Å². The van der Waals surface area contributed by atoms with E-state index in [-0.39, 0.29) is 11.6 Å². The minimum Gasteiger partial charge on any atom is -0.365 e. The third-order valence-corrected chi connectivity index (χ3v) is 4.11. The Bertz CT molecular complexity index is 868. The highest BCUT2D eigenvalue weighted by atomic mass is 79.9. The summed E-state index contributed by atoms with van der Waals surface area (Å²) in [4.78, 5) is 24.7. The van der Waals surface area contributed by atoms with Crippen molar-refractivity contribution in [3.8, 4) is 0 Å². The monoisotopic (exact) mass is 397 g/mol. The lowest BCUT2D eigenvalue weighted by atomic mass is 10.2. The molecule has 2 aromatic heterocycles. The molecule has 126 valence electrons. The molecule has 0 spiro atoms. The second kappa shape index (κ2) is 7.85. The topological polar surface area (TPSA) is 79.8 Å². The van der Waals surface area contributed by atoms with E-state index in [4.69, 9.17) is 0 Å². The number of anilines is 2. The molecule has 0 bridgehead atoms. The van der Waals surface area contributed by atoms with Crippen molar-refractivity contribution < 1.29 is 4.79 Å². The number of aryl methyl sites for hydroxylation is 1. The highest BCUT2D eigenvalue weighted by molar-refractivity contribution is 9.10. The van der Waals surface area contributed by atoms with E-state index >= 15 is 0 Å². The molecule has 2 heterocycles. The van der Waals surface area contributed by atoms with Gasteiger partial charge in [0.2, 0.25) is 0 Å². The zero-order chi connectivity index (χ0) is 17.6. The van der Waals surface area contributed by atoms with Gasteiger partial charge in [-0.05, 0) is 52.2 Å². The van der Waals surface area contributed by atoms with Gasteiger partial charge < -0.3 is 10.6 Å². The van der Waals surface area contributed by atoms with Gasteiger partial charge in [-0.1, -0.05) is 12.1 Å². The van der Waals surface area contributed by atoms with E-state index in [2.05, 4.69) is 41.5 Å². The lowest BCUT2D eigenvalue weighted by Gasteiger charge is -2.08. The fourth-order valence-corrected chi connectivity index (χ4v) is 2.73. The van der Waals surface area contributed by atoms with Gasteiger partial charge in [0.15, 0.2) is 0 Å². The van der Waals surface area contributed by atoms with Gasteiger partial charge in [0, 0.05) is 23.4 Å². The van der Waals surface area contributed by atoms with Crippen molar-refractivity contribution in [3.63, 3.8) is 0 Å². The van der Waals surface area contributed by atoms with Gasteiger partial charge >= 0.3 is 0 Å². The molecule has 0 radical (unpaired) electrons. The zero-order valence-corrected chi connectivity index (χ0v) is 15.1. The highest BCUT2D eigenvalue weighted by Crippen LogP contribution is 2.23. The normalized spacial score (nSPS) is 10.3. The van der Waals surface area contributed by atoms with E-state index in [1.165, 1.54) is 12.4 Å². The summed E-state index contributed by atoms with van der Waals surface area (Å²) >= 11 is 3.44. The Morgan fingerprint density at radius 3 is 2.72 bits per heavy atom. The van der Waals surface area contributed by atoms with E-state index in [0.29, 0.717) is 18.1 Å². The number of aromatic nitrogens is 3. The van der Waals surface area contributed by atoms with Gasteiger partial charge in [0.05, 0.1) is 18.1 Å². The Kier molecular flexibility index (Phi) is 5.35. The molecule has 0 saturated carbocycles. The molecule has 0 saturated heterocycles. The van der Waals surface area contributed by atoms with Gasteiger partial charge in [0.25, 0.3) is 5.91 Å². The second-order valence-corrected chi connectivity index (χ2v) is 6.29. The molecule has 7 heteroatoms. The third-order valence-electron chi connectivity index (χ3n) is 3.45. The summed E-state index contributed by atoms with van der Waals surface area (Å²) in [6.45, 7) is 2.57. The summed E-state index contributed by atoms with van der Waals surface area (Å²) in [5.74, 6) is 0.285. The summed E-state index contributed by atoms with van der Waals surface area (Å²) in [5.41, 5.74) is 3.08. The molecule has 25 heavy (non-hydrogen) atoms. The fourth-order valence-electron chi connectivity index (χ4n) is 2.14. The molecule has 3 rings (SSSR count). The number of pyridine rings is 1. The van der Waals surface area contributed by atoms with Crippen LogP contribution in [0.2, 0.25) is 0 Å². The molecule has 1 aromatic carbocycles. The molecule has 0 aliphatic heterocycles. The molecule has 2 N–H and O–H groups in total. The molecule has 1 amide bonds. The van der Waals surface area contributed by atoms with Gasteiger partial charge in [-0.25, -0.2) is 9.97 Å². The molecule has 0 fully saturated rings. The molecule has 0 aliphatic carbocycles. The van der Waals surface area contributed by atoms with Crippen LogP contribution in [0.1, 0.15) is 21.6 Å². The summed E-state index contributed by atoms with van der Waals surface area (Å²) in [6, 6.07) is 9.55. The van der Waals surface area contributed by atoms with Crippen LogP contribution in [-0.4, -0.2) is 20.9 Å². The first-order valence-corrected chi connectivity index (χ1v) is 8.43. The van der Waals surface area contributed by atoms with Gasteiger partial charge in [-0.3, -0.25) is 9.78 Å². The van der Waals surface area contributed by atoms with Crippen molar-refractivity contribution in [3.05, 3.63) is 76.4 Å². The summed E-state index contributed by atoms with van der Waals surface area (Å²) in [7, 11) is 0. The molecular weight excluding hydrogens is 382 g/mol. The Hall–Kier alpha value is -2.80. The predicted octanol–water partition coefficient (Wildman–Crippen LogP) is 3.81. The van der Waals surface area contributed by atoms with E-state index in [9.17, 15) is 4.79 Å². The van der Waals surface area contributed by atoms with E-state index in [1.54, 1.807) is 12.4 Å². The summed E-state index contributed by atoms with van der Waals surface area (Å²) in [6.07, 6.45) is 6.49. The lowest BCUT2D eigenvalue weighted by molar-refractivity contribution is 0.102. The van der Waals surface area contributed by atoms with Crippen molar-refractivity contribution >= 4 is 33.3 Å². The Morgan fingerprint density at radius 2 is 2.04 bits per heavy atom. The van der Waals surface area contributed by atoms with Crippen LogP contribution >= 0.6 is 15.9 Å². The second-order valence-electron chi connectivity index (χ2n) is 5.44. The number of rotatable bonds is 5. The third kappa shape index (κ3) is 4.60. The van der Waals surface area contributed by atoms with E-state index in [0.717, 1.165) is 15.6 Å². The van der Waals surface area contributed by atoms with Crippen molar-refractivity contribution in [1.29, 1.82) is 0 Å². The van der Waals surface area contributed by atoms with Gasteiger partial charge in [-0.2, -0.15) is 0 Å². The first-order chi connectivity index (χ1) is 12.1. The highest BCUT2D eigenvalue weighted by Gasteiger charge is 2.10. The maximum absolute atomic E-state index is 12.3. The van der Waals surface area contributed by atoms with Crippen LogP contribution in [0.5, 0.6) is 0 Å². The number of carbonyl (C=O) groups is 1. The number of nitrogens with zero attached hydrogens (tertiary/aromatic N) is 3. The standard InChI is InChI=1S/C18H16BrN5O/c1-12-4-5-15(14(19)7-12)24-18(25)16-10-23-17(11-21-16)22-9-13-3-2-6-20-8-13/h2-8,10-11H,9H2,1H3,(H,22,23)(H,24,25). The largest absolute Gasteiger partial charge is 0.365 e. The maximum atomic E-state index is 12.3. The minimum atomic E-state index is -0.309. The number of benzene rings is 1. The minimum absolute atomic E-state index is 0.249. The fraction of sp³-hybridized carbons (Fsp3) is 0.111. The van der Waals surface area contributed by atoms with Crippen LogP contribution in [0.25, 0.3) is 0 Å². The molecule has 0 unspecified atom stereocenters. The van der Waals surface area contributed by atoms with Crippen molar-refractivity contribution in [2.75, 3.05) is 10.6 Å². The van der Waals surface area contributed by atoms with E-state index in [1.807, 2.05) is 37.3 Å². The van der Waals surface area contributed by atoms with Gasteiger partial charge in [-0.15, -0.1) is 0 Å². The zero-order valence-electron chi connectivity index (χ0n) is 13.5. The van der Waals surface area contributed by atoms with Crippen LogP contribution in [0.3, 0.4) is 0 Å². The number of amides is 1. The summed E-state index contributed by atoms with van der Waals surface area (Å²) in [5, 5.41) is 5.95. The molecule has 6 nitrogen and oxygen atoms in total.